The number of fused-ring (bicyclic) bond motifs is 1. The Morgan fingerprint density at radius 2 is 2.00 bits per heavy atom. The van der Waals surface area contributed by atoms with E-state index in [9.17, 15) is 9.18 Å². The van der Waals surface area contributed by atoms with Crippen molar-refractivity contribution in [2.24, 2.45) is 5.73 Å². The van der Waals surface area contributed by atoms with Crippen LogP contribution in [0.5, 0.6) is 0 Å². The van der Waals surface area contributed by atoms with E-state index in [1.807, 2.05) is 28.8 Å². The SMILES string of the molecule is N=C(N)CC(=O)COCc1nc2ccccn2c1C#Cc1ccc(F)cc1. The molecular formula is C20H17FN4O2. The van der Waals surface area contributed by atoms with Crippen LogP contribution in [0.2, 0.25) is 0 Å². The van der Waals surface area contributed by atoms with Crippen molar-refractivity contribution in [1.29, 1.82) is 5.41 Å². The standard InChI is InChI=1S/C20H17FN4O2/c21-15-7-4-14(5-8-15)6-9-18-17(13-27-12-16(26)11-19(22)23)24-20-3-1-2-10-25(18)20/h1-5,7-8,10H,11-13H2,(H3,22,23). The van der Waals surface area contributed by atoms with E-state index in [4.69, 9.17) is 15.9 Å². The number of Topliss-reactive ketones (excluding diaryl/α,β-unsaturated/α-hetero) is 1. The number of rotatable bonds is 6. The third-order valence-corrected chi connectivity index (χ3v) is 3.66. The maximum absolute atomic E-state index is 13.0. The number of carbonyl (C=O) groups excluding carboxylic acids is 1. The van der Waals surface area contributed by atoms with Gasteiger partial charge in [-0.05, 0) is 42.3 Å². The number of hydrogen-bond acceptors (Lipinski definition) is 4. The van der Waals surface area contributed by atoms with Gasteiger partial charge in [0.2, 0.25) is 0 Å². The van der Waals surface area contributed by atoms with Crippen LogP contribution in [0.1, 0.15) is 23.4 Å². The summed E-state index contributed by atoms with van der Waals surface area (Å²) >= 11 is 0. The molecule has 0 aliphatic heterocycles. The van der Waals surface area contributed by atoms with Gasteiger partial charge in [0.25, 0.3) is 0 Å². The summed E-state index contributed by atoms with van der Waals surface area (Å²) in [6.45, 7) is -0.0585. The number of aromatic nitrogens is 2. The van der Waals surface area contributed by atoms with E-state index >= 15 is 0 Å². The summed E-state index contributed by atoms with van der Waals surface area (Å²) in [5.74, 6) is 5.25. The Labute approximate surface area is 155 Å². The first kappa shape index (κ1) is 18.3. The summed E-state index contributed by atoms with van der Waals surface area (Å²) in [5.41, 5.74) is 7.80. The number of amidine groups is 1. The summed E-state index contributed by atoms with van der Waals surface area (Å²) in [4.78, 5) is 16.1. The maximum Gasteiger partial charge on any atom is 0.165 e. The summed E-state index contributed by atoms with van der Waals surface area (Å²) < 4.78 is 20.3. The Morgan fingerprint density at radius 1 is 1.22 bits per heavy atom. The molecule has 3 aromatic rings. The van der Waals surface area contributed by atoms with Gasteiger partial charge in [0, 0.05) is 11.8 Å². The minimum Gasteiger partial charge on any atom is -0.387 e. The predicted molar refractivity (Wildman–Crippen MR) is 98.8 cm³/mol. The van der Waals surface area contributed by atoms with Crippen LogP contribution in [-0.4, -0.2) is 27.6 Å². The van der Waals surface area contributed by atoms with E-state index in [0.29, 0.717) is 22.6 Å². The average Bonchev–Trinajstić information content (AvgIpc) is 2.98. The molecule has 0 fully saturated rings. The van der Waals surface area contributed by atoms with Gasteiger partial charge in [-0.1, -0.05) is 12.0 Å². The van der Waals surface area contributed by atoms with Crippen LogP contribution in [0.15, 0.2) is 48.7 Å². The van der Waals surface area contributed by atoms with Crippen LogP contribution in [0, 0.1) is 23.1 Å². The Morgan fingerprint density at radius 3 is 2.74 bits per heavy atom. The molecular weight excluding hydrogens is 347 g/mol. The second-order valence-corrected chi connectivity index (χ2v) is 5.83. The number of carbonyl (C=O) groups is 1. The molecule has 0 atom stereocenters. The van der Waals surface area contributed by atoms with Crippen LogP contribution in [0.3, 0.4) is 0 Å². The van der Waals surface area contributed by atoms with E-state index in [1.165, 1.54) is 12.1 Å². The van der Waals surface area contributed by atoms with Crippen molar-refractivity contribution in [3.05, 3.63) is 71.4 Å². The molecule has 27 heavy (non-hydrogen) atoms. The largest absolute Gasteiger partial charge is 0.387 e. The fourth-order valence-corrected chi connectivity index (χ4v) is 2.47. The zero-order chi connectivity index (χ0) is 19.2. The molecule has 1 aromatic carbocycles. The van der Waals surface area contributed by atoms with E-state index in [0.717, 1.165) is 0 Å². The van der Waals surface area contributed by atoms with Crippen LogP contribution in [-0.2, 0) is 16.1 Å². The summed E-state index contributed by atoms with van der Waals surface area (Å²) in [6, 6.07) is 11.5. The number of halogens is 1. The zero-order valence-electron chi connectivity index (χ0n) is 14.4. The van der Waals surface area contributed by atoms with E-state index in [2.05, 4.69) is 16.8 Å². The van der Waals surface area contributed by atoms with Gasteiger partial charge in [-0.2, -0.15) is 0 Å². The first-order chi connectivity index (χ1) is 13.0. The molecule has 0 amide bonds. The number of nitrogens with one attached hydrogen (secondary N) is 1. The highest BCUT2D eigenvalue weighted by Crippen LogP contribution is 2.13. The van der Waals surface area contributed by atoms with Crippen LogP contribution in [0.25, 0.3) is 5.65 Å². The van der Waals surface area contributed by atoms with Crippen molar-refractivity contribution in [2.75, 3.05) is 6.61 Å². The van der Waals surface area contributed by atoms with E-state index in [1.54, 1.807) is 12.1 Å². The smallest absolute Gasteiger partial charge is 0.165 e. The van der Waals surface area contributed by atoms with Crippen molar-refractivity contribution in [3.8, 4) is 11.8 Å². The molecule has 3 rings (SSSR count). The normalized spacial score (nSPS) is 10.4. The zero-order valence-corrected chi connectivity index (χ0v) is 14.4. The summed E-state index contributed by atoms with van der Waals surface area (Å²) in [6.07, 6.45) is 1.70. The van der Waals surface area contributed by atoms with Crippen molar-refractivity contribution in [1.82, 2.24) is 9.38 Å². The fraction of sp³-hybridized carbons (Fsp3) is 0.150. The van der Waals surface area contributed by atoms with Gasteiger partial charge in [-0.25, -0.2) is 9.37 Å². The lowest BCUT2D eigenvalue weighted by molar-refractivity contribution is -0.122. The molecule has 0 aliphatic rings. The number of nitrogens with two attached hydrogens (primary N) is 1. The fourth-order valence-electron chi connectivity index (χ4n) is 2.47. The lowest BCUT2D eigenvalue weighted by atomic mass is 10.2. The second kappa shape index (κ2) is 8.25. The molecule has 0 radical (unpaired) electrons. The molecule has 0 bridgehead atoms. The quantitative estimate of drug-likeness (QED) is 0.399. The average molecular weight is 364 g/mol. The topological polar surface area (TPSA) is 93.5 Å². The molecule has 2 heterocycles. The third kappa shape index (κ3) is 4.77. The third-order valence-electron chi connectivity index (χ3n) is 3.66. The Balaban J connectivity index is 1.83. The minimum absolute atomic E-state index is 0.0960. The lowest BCUT2D eigenvalue weighted by Crippen LogP contribution is -2.19. The molecule has 0 unspecified atom stereocenters. The van der Waals surface area contributed by atoms with Crippen molar-refractivity contribution in [3.63, 3.8) is 0 Å². The minimum atomic E-state index is -0.320. The predicted octanol–water partition coefficient (Wildman–Crippen LogP) is 2.28. The van der Waals surface area contributed by atoms with Gasteiger partial charge >= 0.3 is 0 Å². The summed E-state index contributed by atoms with van der Waals surface area (Å²) in [5, 5.41) is 7.13. The summed E-state index contributed by atoms with van der Waals surface area (Å²) in [7, 11) is 0. The van der Waals surface area contributed by atoms with Crippen molar-refractivity contribution >= 4 is 17.3 Å². The van der Waals surface area contributed by atoms with E-state index in [-0.39, 0.29) is 37.1 Å². The molecule has 0 saturated heterocycles. The Hall–Kier alpha value is -3.50. The van der Waals surface area contributed by atoms with E-state index < -0.39 is 0 Å². The molecule has 136 valence electrons. The first-order valence-corrected chi connectivity index (χ1v) is 8.19. The number of imidazole rings is 1. The molecule has 2 aromatic heterocycles. The van der Waals surface area contributed by atoms with Gasteiger partial charge in [-0.3, -0.25) is 14.6 Å². The molecule has 0 spiro atoms. The highest BCUT2D eigenvalue weighted by molar-refractivity contribution is 5.99. The number of pyridine rings is 1. The molecule has 3 N–H and O–H groups in total. The lowest BCUT2D eigenvalue weighted by Gasteiger charge is -2.02. The van der Waals surface area contributed by atoms with Crippen molar-refractivity contribution < 1.29 is 13.9 Å². The monoisotopic (exact) mass is 364 g/mol. The van der Waals surface area contributed by atoms with Crippen molar-refractivity contribution in [2.45, 2.75) is 13.0 Å². The first-order valence-electron chi connectivity index (χ1n) is 8.19. The number of nitrogens with zero attached hydrogens (tertiary/aromatic N) is 2. The van der Waals surface area contributed by atoms with Crippen LogP contribution < -0.4 is 5.73 Å². The number of ketones is 1. The molecule has 0 saturated carbocycles. The highest BCUT2D eigenvalue weighted by atomic mass is 19.1. The van der Waals surface area contributed by atoms with Gasteiger partial charge in [0.15, 0.2) is 5.78 Å². The highest BCUT2D eigenvalue weighted by Gasteiger charge is 2.11. The van der Waals surface area contributed by atoms with Crippen LogP contribution in [0.4, 0.5) is 4.39 Å². The Bertz CT molecular complexity index is 1050. The number of ether oxygens (including phenoxy) is 1. The van der Waals surface area contributed by atoms with Gasteiger partial charge in [0.1, 0.15) is 29.5 Å². The number of hydrogen-bond donors (Lipinski definition) is 2. The Kier molecular flexibility index (Phi) is 5.59. The molecule has 6 nitrogen and oxygen atoms in total. The van der Waals surface area contributed by atoms with Gasteiger partial charge in [-0.15, -0.1) is 0 Å². The number of benzene rings is 1. The maximum atomic E-state index is 13.0. The van der Waals surface area contributed by atoms with Crippen LogP contribution >= 0.6 is 0 Å². The molecule has 0 aliphatic carbocycles. The molecule has 7 heteroatoms. The van der Waals surface area contributed by atoms with Gasteiger partial charge in [0.05, 0.1) is 18.9 Å². The van der Waals surface area contributed by atoms with Gasteiger partial charge < -0.3 is 10.5 Å². The second-order valence-electron chi connectivity index (χ2n) is 5.83.